The summed E-state index contributed by atoms with van der Waals surface area (Å²) in [6, 6.07) is 1.29. The molecule has 0 bridgehead atoms. The molecule has 2 heterocycles. The van der Waals surface area contributed by atoms with Crippen molar-refractivity contribution in [2.24, 2.45) is 0 Å². The van der Waals surface area contributed by atoms with Crippen LogP contribution in [0, 0.1) is 0 Å². The van der Waals surface area contributed by atoms with Crippen LogP contribution in [0.1, 0.15) is 5.82 Å². The number of alkyl halides is 3. The van der Waals surface area contributed by atoms with Gasteiger partial charge in [-0.3, -0.25) is 0 Å². The van der Waals surface area contributed by atoms with Gasteiger partial charge >= 0.3 is 6.18 Å². The summed E-state index contributed by atoms with van der Waals surface area (Å²) in [7, 11) is 0. The molecule has 0 unspecified atom stereocenters. The summed E-state index contributed by atoms with van der Waals surface area (Å²) in [5.41, 5.74) is 0.0114. The van der Waals surface area contributed by atoms with E-state index in [2.05, 4.69) is 15.1 Å². The molecule has 14 heavy (non-hydrogen) atoms. The Labute approximate surface area is 80.3 Å². The zero-order valence-electron chi connectivity index (χ0n) is 6.46. The molecule has 0 saturated heterocycles. The standard InChI is InChI=1S/C6H2ClF3N4/c7-5-11-2-1-3-12-4(6(8,9)10)13-14(3)5/h1-2H. The van der Waals surface area contributed by atoms with Crippen LogP contribution in [0.15, 0.2) is 12.3 Å². The summed E-state index contributed by atoms with van der Waals surface area (Å²) in [5, 5.41) is 3.01. The fourth-order valence-electron chi connectivity index (χ4n) is 0.908. The molecule has 0 spiro atoms. The van der Waals surface area contributed by atoms with Crippen LogP contribution in [0.2, 0.25) is 5.28 Å². The third-order valence-corrected chi connectivity index (χ3v) is 1.72. The lowest BCUT2D eigenvalue weighted by molar-refractivity contribution is -0.144. The minimum atomic E-state index is -4.57. The molecule has 2 aromatic heterocycles. The minimum Gasteiger partial charge on any atom is -0.226 e. The van der Waals surface area contributed by atoms with Crippen LogP contribution in [0.25, 0.3) is 5.65 Å². The molecule has 0 aliphatic rings. The third-order valence-electron chi connectivity index (χ3n) is 1.47. The topological polar surface area (TPSA) is 43.1 Å². The van der Waals surface area contributed by atoms with Crippen molar-refractivity contribution in [3.8, 4) is 0 Å². The average molecular weight is 223 g/mol. The van der Waals surface area contributed by atoms with Crippen molar-refractivity contribution in [3.63, 3.8) is 0 Å². The van der Waals surface area contributed by atoms with E-state index in [-0.39, 0.29) is 10.9 Å². The maximum absolute atomic E-state index is 12.2. The molecule has 0 aromatic carbocycles. The molecule has 8 heteroatoms. The van der Waals surface area contributed by atoms with Crippen LogP contribution >= 0.6 is 11.6 Å². The molecule has 0 aliphatic carbocycles. The summed E-state index contributed by atoms with van der Waals surface area (Å²) in [6.45, 7) is 0. The predicted molar refractivity (Wildman–Crippen MR) is 40.8 cm³/mol. The lowest BCUT2D eigenvalue weighted by atomic mass is 10.6. The van der Waals surface area contributed by atoms with Gasteiger partial charge < -0.3 is 0 Å². The van der Waals surface area contributed by atoms with Gasteiger partial charge in [0.15, 0.2) is 5.65 Å². The van der Waals surface area contributed by atoms with Crippen LogP contribution in [0.4, 0.5) is 13.2 Å². The molecule has 0 aliphatic heterocycles. The fraction of sp³-hybridized carbons (Fsp3) is 0.167. The second-order valence-electron chi connectivity index (χ2n) is 2.42. The van der Waals surface area contributed by atoms with Crippen molar-refractivity contribution >= 4 is 17.2 Å². The first-order valence-corrected chi connectivity index (χ1v) is 3.81. The lowest BCUT2D eigenvalue weighted by Gasteiger charge is -1.96. The number of nitrogens with zero attached hydrogens (tertiary/aromatic N) is 4. The summed E-state index contributed by atoms with van der Waals surface area (Å²) >= 11 is 5.50. The van der Waals surface area contributed by atoms with Gasteiger partial charge in [-0.2, -0.15) is 17.7 Å². The fourth-order valence-corrected chi connectivity index (χ4v) is 1.09. The molecule has 74 valence electrons. The first-order chi connectivity index (χ1) is 6.48. The number of aromatic nitrogens is 4. The van der Waals surface area contributed by atoms with E-state index in [0.717, 1.165) is 4.52 Å². The Balaban J connectivity index is 2.69. The highest BCUT2D eigenvalue weighted by molar-refractivity contribution is 6.28. The van der Waals surface area contributed by atoms with Gasteiger partial charge in [-0.1, -0.05) is 0 Å². The van der Waals surface area contributed by atoms with E-state index in [1.54, 1.807) is 0 Å². The Morgan fingerprint density at radius 3 is 2.64 bits per heavy atom. The zero-order chi connectivity index (χ0) is 10.3. The van der Waals surface area contributed by atoms with Crippen molar-refractivity contribution in [3.05, 3.63) is 23.4 Å². The van der Waals surface area contributed by atoms with Crippen molar-refractivity contribution in [2.45, 2.75) is 6.18 Å². The SMILES string of the molecule is FC(F)(F)c1nc2ccnc(Cl)n2n1. The van der Waals surface area contributed by atoms with Gasteiger partial charge in [-0.15, -0.1) is 5.10 Å². The quantitative estimate of drug-likeness (QED) is 0.639. The number of fused-ring (bicyclic) bond motifs is 1. The molecule has 0 atom stereocenters. The first kappa shape index (κ1) is 9.20. The van der Waals surface area contributed by atoms with Crippen molar-refractivity contribution in [1.29, 1.82) is 0 Å². The molecule has 0 N–H and O–H groups in total. The Morgan fingerprint density at radius 1 is 1.36 bits per heavy atom. The predicted octanol–water partition coefficient (Wildman–Crippen LogP) is 1.80. The van der Waals surface area contributed by atoms with Crippen molar-refractivity contribution in [1.82, 2.24) is 19.6 Å². The van der Waals surface area contributed by atoms with Crippen LogP contribution in [-0.2, 0) is 6.18 Å². The number of rotatable bonds is 0. The molecule has 0 fully saturated rings. The maximum atomic E-state index is 12.2. The van der Waals surface area contributed by atoms with Crippen molar-refractivity contribution < 1.29 is 13.2 Å². The van der Waals surface area contributed by atoms with E-state index in [4.69, 9.17) is 11.6 Å². The van der Waals surface area contributed by atoms with E-state index in [0.29, 0.717) is 0 Å². The van der Waals surface area contributed by atoms with Gasteiger partial charge in [0.05, 0.1) is 0 Å². The monoisotopic (exact) mass is 222 g/mol. The minimum absolute atomic E-state index is 0.0114. The average Bonchev–Trinajstić information content (AvgIpc) is 2.48. The second kappa shape index (κ2) is 2.81. The molecule has 0 saturated carbocycles. The molecule has 0 amide bonds. The molecule has 2 aromatic rings. The van der Waals surface area contributed by atoms with Crippen LogP contribution in [0.3, 0.4) is 0 Å². The third kappa shape index (κ3) is 1.39. The molecule has 4 nitrogen and oxygen atoms in total. The van der Waals surface area contributed by atoms with Gasteiger partial charge in [-0.25, -0.2) is 9.97 Å². The Kier molecular flexibility index (Phi) is 1.84. The normalized spacial score (nSPS) is 12.3. The number of hydrogen-bond acceptors (Lipinski definition) is 3. The Morgan fingerprint density at radius 2 is 2.07 bits per heavy atom. The summed E-state index contributed by atoms with van der Waals surface area (Å²) in [5.74, 6) is -1.23. The van der Waals surface area contributed by atoms with Gasteiger partial charge in [0, 0.05) is 12.3 Å². The van der Waals surface area contributed by atoms with Crippen molar-refractivity contribution in [2.75, 3.05) is 0 Å². The Bertz CT molecular complexity index is 477. The highest BCUT2D eigenvalue weighted by Crippen LogP contribution is 2.26. The van der Waals surface area contributed by atoms with Gasteiger partial charge in [0.1, 0.15) is 0 Å². The van der Waals surface area contributed by atoms with E-state index in [1.165, 1.54) is 12.3 Å². The summed E-state index contributed by atoms with van der Waals surface area (Å²) in [6.07, 6.45) is -3.32. The number of hydrogen-bond donors (Lipinski definition) is 0. The Hall–Kier alpha value is -1.37. The molecular weight excluding hydrogens is 221 g/mol. The van der Waals surface area contributed by atoms with Crippen LogP contribution in [0.5, 0.6) is 0 Å². The lowest BCUT2D eigenvalue weighted by Crippen LogP contribution is -2.07. The van der Waals surface area contributed by atoms with Gasteiger partial charge in [-0.05, 0) is 11.6 Å². The van der Waals surface area contributed by atoms with E-state index < -0.39 is 12.0 Å². The summed E-state index contributed by atoms with van der Waals surface area (Å²) < 4.78 is 37.3. The summed E-state index contributed by atoms with van der Waals surface area (Å²) in [4.78, 5) is 6.81. The smallest absolute Gasteiger partial charge is 0.226 e. The number of halogens is 4. The van der Waals surface area contributed by atoms with Crippen LogP contribution in [-0.4, -0.2) is 19.6 Å². The van der Waals surface area contributed by atoms with E-state index in [9.17, 15) is 13.2 Å². The van der Waals surface area contributed by atoms with Gasteiger partial charge in [0.2, 0.25) is 5.28 Å². The zero-order valence-corrected chi connectivity index (χ0v) is 7.21. The van der Waals surface area contributed by atoms with E-state index >= 15 is 0 Å². The highest BCUT2D eigenvalue weighted by atomic mass is 35.5. The van der Waals surface area contributed by atoms with Crippen LogP contribution < -0.4 is 0 Å². The second-order valence-corrected chi connectivity index (χ2v) is 2.76. The van der Waals surface area contributed by atoms with Gasteiger partial charge in [0.25, 0.3) is 5.82 Å². The maximum Gasteiger partial charge on any atom is 0.453 e. The molecule has 2 rings (SSSR count). The largest absolute Gasteiger partial charge is 0.453 e. The molecular formula is C6H2ClF3N4. The highest BCUT2D eigenvalue weighted by Gasteiger charge is 2.36. The van der Waals surface area contributed by atoms with E-state index in [1.807, 2.05) is 0 Å². The first-order valence-electron chi connectivity index (χ1n) is 3.43. The molecule has 0 radical (unpaired) electrons.